The number of hydrogen-bond acceptors (Lipinski definition) is 5. The minimum Gasteiger partial charge on any atom is -0.481 e. The second-order valence-corrected chi connectivity index (χ2v) is 8.33. The Morgan fingerprint density at radius 3 is 2.39 bits per heavy atom. The van der Waals surface area contributed by atoms with Gasteiger partial charge in [-0.05, 0) is 88.8 Å². The molecule has 6 heteroatoms. The average molecular weight is 459 g/mol. The van der Waals surface area contributed by atoms with Crippen molar-refractivity contribution in [3.05, 3.63) is 58.6 Å². The van der Waals surface area contributed by atoms with Gasteiger partial charge in [-0.1, -0.05) is 32.1 Å². The van der Waals surface area contributed by atoms with Crippen LogP contribution in [0.1, 0.15) is 67.2 Å². The number of aliphatic carboxylic acids is 1. The highest BCUT2D eigenvalue weighted by Crippen LogP contribution is 2.25. The van der Waals surface area contributed by atoms with E-state index in [1.54, 1.807) is 13.2 Å². The van der Waals surface area contributed by atoms with Crippen LogP contribution in [0.2, 0.25) is 0 Å². The van der Waals surface area contributed by atoms with Gasteiger partial charge in [0.25, 0.3) is 0 Å². The van der Waals surface area contributed by atoms with Gasteiger partial charge >= 0.3 is 5.97 Å². The molecule has 1 atom stereocenters. The maximum atomic E-state index is 11.6. The van der Waals surface area contributed by atoms with Crippen molar-refractivity contribution >= 4 is 11.9 Å². The lowest BCUT2D eigenvalue weighted by atomic mass is 9.93. The van der Waals surface area contributed by atoms with Gasteiger partial charge in [-0.2, -0.15) is 4.99 Å². The predicted octanol–water partition coefficient (Wildman–Crippen LogP) is 6.04. The number of piperidine rings is 1. The normalized spacial score (nSPS) is 20.1. The van der Waals surface area contributed by atoms with E-state index in [9.17, 15) is 9.90 Å². The van der Waals surface area contributed by atoms with Crippen LogP contribution in [0, 0.1) is 0 Å². The van der Waals surface area contributed by atoms with Crippen molar-refractivity contribution in [3.63, 3.8) is 0 Å². The summed E-state index contributed by atoms with van der Waals surface area (Å²) >= 11 is 0. The summed E-state index contributed by atoms with van der Waals surface area (Å²) in [6.07, 6.45) is 9.43. The number of carbonyl (C=O) groups is 1. The number of hydrogen-bond donors (Lipinski definition) is 1. The van der Waals surface area contributed by atoms with Crippen molar-refractivity contribution < 1.29 is 19.4 Å². The Hall–Kier alpha value is -2.60. The Labute approximate surface area is 200 Å². The topological polar surface area (TPSA) is 71.4 Å². The van der Waals surface area contributed by atoms with Gasteiger partial charge < -0.3 is 14.6 Å². The van der Waals surface area contributed by atoms with Gasteiger partial charge in [-0.3, -0.25) is 9.69 Å². The van der Waals surface area contributed by atoms with Crippen LogP contribution in [0.25, 0.3) is 0 Å². The van der Waals surface area contributed by atoms with E-state index in [1.807, 2.05) is 11.8 Å². The first kappa shape index (κ1) is 28.4. The monoisotopic (exact) mass is 458 g/mol. The second-order valence-electron chi connectivity index (χ2n) is 8.33. The zero-order chi connectivity index (χ0) is 25.0. The Balaban J connectivity index is 3.03. The molecule has 0 aromatic carbocycles. The molecule has 6 nitrogen and oxygen atoms in total. The van der Waals surface area contributed by atoms with Crippen LogP contribution in [0.4, 0.5) is 0 Å². The fourth-order valence-corrected chi connectivity index (χ4v) is 4.10. The molecular formula is C27H42N2O4. The quantitative estimate of drug-likeness (QED) is 0.177. The third-order valence-electron chi connectivity index (χ3n) is 6.13. The van der Waals surface area contributed by atoms with E-state index in [2.05, 4.69) is 58.3 Å². The van der Waals surface area contributed by atoms with E-state index in [0.717, 1.165) is 37.0 Å². The van der Waals surface area contributed by atoms with E-state index in [4.69, 9.17) is 9.47 Å². The number of ether oxygens (including phenoxy) is 2. The molecular weight excluding hydrogens is 416 g/mol. The summed E-state index contributed by atoms with van der Waals surface area (Å²) in [7, 11) is 1.56. The number of carboxylic acid groups (broad SMARTS) is 1. The molecule has 0 spiro atoms. The summed E-state index contributed by atoms with van der Waals surface area (Å²) in [5.74, 6) is 0.0206. The Bertz CT molecular complexity index is 846. The summed E-state index contributed by atoms with van der Waals surface area (Å²) < 4.78 is 11.5. The molecule has 0 amide bonds. The lowest BCUT2D eigenvalue weighted by Gasteiger charge is -2.33. The Morgan fingerprint density at radius 1 is 1.18 bits per heavy atom. The van der Waals surface area contributed by atoms with Gasteiger partial charge in [-0.25, -0.2) is 0 Å². The van der Waals surface area contributed by atoms with Crippen LogP contribution < -0.4 is 0 Å². The highest BCUT2D eigenvalue weighted by atomic mass is 16.5. The van der Waals surface area contributed by atoms with Crippen molar-refractivity contribution in [2.75, 3.05) is 26.8 Å². The number of likely N-dealkylation sites (tertiary alicyclic amines) is 1. The highest BCUT2D eigenvalue weighted by Gasteiger charge is 2.28. The maximum Gasteiger partial charge on any atom is 0.320 e. The van der Waals surface area contributed by atoms with Crippen molar-refractivity contribution in [1.82, 2.24) is 4.90 Å². The Kier molecular flexibility index (Phi) is 12.5. The second kappa shape index (κ2) is 14.5. The molecule has 0 aliphatic carbocycles. The summed E-state index contributed by atoms with van der Waals surface area (Å²) in [5.41, 5.74) is 5.71. The molecule has 1 aliphatic rings. The molecule has 1 N–H and O–H groups in total. The molecule has 33 heavy (non-hydrogen) atoms. The molecule has 1 heterocycles. The van der Waals surface area contributed by atoms with Crippen molar-refractivity contribution in [3.8, 4) is 0 Å². The molecule has 1 fully saturated rings. The van der Waals surface area contributed by atoms with Crippen LogP contribution in [0.5, 0.6) is 0 Å². The maximum absolute atomic E-state index is 11.6. The van der Waals surface area contributed by atoms with Crippen molar-refractivity contribution in [1.29, 1.82) is 0 Å². The molecule has 0 aromatic heterocycles. The number of rotatable bonds is 11. The first-order valence-electron chi connectivity index (χ1n) is 11.8. The summed E-state index contributed by atoms with van der Waals surface area (Å²) in [5, 5.41) is 9.53. The molecule has 0 bridgehead atoms. The summed E-state index contributed by atoms with van der Waals surface area (Å²) in [4.78, 5) is 18.1. The zero-order valence-electron chi connectivity index (χ0n) is 21.5. The van der Waals surface area contributed by atoms with Crippen molar-refractivity contribution in [2.45, 2.75) is 73.3 Å². The number of carboxylic acids is 1. The third-order valence-corrected chi connectivity index (χ3v) is 6.13. The molecule has 0 saturated carbocycles. The third kappa shape index (κ3) is 8.35. The largest absolute Gasteiger partial charge is 0.481 e. The van der Waals surface area contributed by atoms with Gasteiger partial charge in [-0.15, -0.1) is 0 Å². The average Bonchev–Trinajstić information content (AvgIpc) is 2.82. The molecule has 0 aromatic rings. The molecule has 1 unspecified atom stereocenters. The first-order valence-corrected chi connectivity index (χ1v) is 11.8. The van der Waals surface area contributed by atoms with E-state index in [0.29, 0.717) is 31.4 Å². The zero-order valence-corrected chi connectivity index (χ0v) is 21.5. The fraction of sp³-hybridized carbons (Fsp3) is 0.556. The van der Waals surface area contributed by atoms with Gasteiger partial charge in [0, 0.05) is 12.1 Å². The number of nitrogens with zero attached hydrogens (tertiary/aromatic N) is 2. The highest BCUT2D eigenvalue weighted by molar-refractivity contribution is 5.88. The first-order chi connectivity index (χ1) is 15.7. The minimum absolute atomic E-state index is 0.371. The van der Waals surface area contributed by atoms with E-state index < -0.39 is 12.0 Å². The number of allylic oxidation sites excluding steroid dienone is 5. The smallest absolute Gasteiger partial charge is 0.320 e. The summed E-state index contributed by atoms with van der Waals surface area (Å²) in [6, 6.07) is -0.465. The lowest BCUT2D eigenvalue weighted by Crippen LogP contribution is -2.45. The number of aliphatic imine (C=N–C) groups is 1. The standard InChI is InChI=1S/C27H42N2O4/c1-9-22(10-2)23(11-3)21(7)20(6)18-33-25(12-4)28-26(32-8)19(5)17-29-16-14-13-15-24(29)27(30)31/h9,11-12,24H,4,10,13-18H2,1-3,5-8H3,(H,30,31)/b21-20+,22-9+,23-11+,26-19-,28-25+. The summed E-state index contributed by atoms with van der Waals surface area (Å²) in [6.45, 7) is 17.8. The molecule has 184 valence electrons. The Morgan fingerprint density at radius 2 is 1.88 bits per heavy atom. The van der Waals surface area contributed by atoms with Crippen LogP contribution >= 0.6 is 0 Å². The van der Waals surface area contributed by atoms with E-state index in [-0.39, 0.29) is 0 Å². The fourth-order valence-electron chi connectivity index (χ4n) is 4.10. The van der Waals surface area contributed by atoms with Crippen LogP contribution in [0.15, 0.2) is 63.5 Å². The van der Waals surface area contributed by atoms with Gasteiger partial charge in [0.2, 0.25) is 11.8 Å². The molecule has 0 radical (unpaired) electrons. The van der Waals surface area contributed by atoms with Gasteiger partial charge in [0.1, 0.15) is 12.6 Å². The lowest BCUT2D eigenvalue weighted by molar-refractivity contribution is -0.144. The van der Waals surface area contributed by atoms with Gasteiger partial charge in [0.05, 0.1) is 7.11 Å². The van der Waals surface area contributed by atoms with Crippen molar-refractivity contribution in [2.24, 2.45) is 4.99 Å². The number of methoxy groups -OCH3 is 1. The van der Waals surface area contributed by atoms with E-state index >= 15 is 0 Å². The molecule has 1 saturated heterocycles. The molecule has 1 rings (SSSR count). The predicted molar refractivity (Wildman–Crippen MR) is 136 cm³/mol. The minimum atomic E-state index is -0.776. The van der Waals surface area contributed by atoms with E-state index in [1.165, 1.54) is 16.7 Å². The molecule has 1 aliphatic heterocycles. The van der Waals surface area contributed by atoms with Gasteiger partial charge in [0.15, 0.2) is 0 Å². The SMILES string of the molecule is C=C/C(=N\C(OC)=C(/C)CN1CCCCC1C(=O)O)OC/C(C)=C(C)/C(=C\C)C(=C/C)/CC. The van der Waals surface area contributed by atoms with Crippen LogP contribution in [-0.4, -0.2) is 54.7 Å². The van der Waals surface area contributed by atoms with Crippen LogP contribution in [-0.2, 0) is 14.3 Å². The van der Waals surface area contributed by atoms with Crippen LogP contribution in [0.3, 0.4) is 0 Å².